The van der Waals surface area contributed by atoms with E-state index in [0.29, 0.717) is 5.92 Å². The van der Waals surface area contributed by atoms with Gasteiger partial charge in [-0.3, -0.25) is 11.3 Å². The highest BCUT2D eigenvalue weighted by Gasteiger charge is 2.11. The third-order valence-corrected chi connectivity index (χ3v) is 3.40. The minimum atomic E-state index is 0.265. The fourth-order valence-electron chi connectivity index (χ4n) is 1.73. The smallest absolute Gasteiger partial charge is 0.0462 e. The molecule has 0 fully saturated rings. The van der Waals surface area contributed by atoms with Gasteiger partial charge in [0.1, 0.15) is 0 Å². The van der Waals surface area contributed by atoms with Crippen molar-refractivity contribution < 1.29 is 0 Å². The third-order valence-electron chi connectivity index (χ3n) is 2.50. The molecule has 0 aromatic heterocycles. The molecule has 0 radical (unpaired) electrons. The van der Waals surface area contributed by atoms with E-state index in [1.54, 1.807) is 0 Å². The number of hydrazine groups is 1. The first-order valence-electron chi connectivity index (χ1n) is 5.86. The molecule has 0 aliphatic carbocycles. The predicted molar refractivity (Wildman–Crippen MR) is 72.4 cm³/mol. The highest BCUT2D eigenvalue weighted by molar-refractivity contribution is 7.99. The van der Waals surface area contributed by atoms with Crippen LogP contribution in [0, 0.1) is 5.92 Å². The molecule has 0 amide bonds. The second-order valence-corrected chi connectivity index (χ2v) is 5.69. The summed E-state index contributed by atoms with van der Waals surface area (Å²) < 4.78 is 0. The molecular weight excluding hydrogens is 216 g/mol. The van der Waals surface area contributed by atoms with Crippen molar-refractivity contribution in [2.75, 3.05) is 5.75 Å². The molecule has 0 saturated heterocycles. The van der Waals surface area contributed by atoms with Gasteiger partial charge < -0.3 is 0 Å². The van der Waals surface area contributed by atoms with Gasteiger partial charge in [-0.05, 0) is 35.8 Å². The van der Waals surface area contributed by atoms with Crippen LogP contribution in [-0.4, -0.2) is 5.75 Å². The number of rotatable bonds is 6. The number of nitrogens with one attached hydrogen (secondary N) is 1. The molecule has 1 atom stereocenters. The molecule has 1 aromatic carbocycles. The quantitative estimate of drug-likeness (QED) is 0.453. The maximum absolute atomic E-state index is 5.59. The summed E-state index contributed by atoms with van der Waals surface area (Å²) in [7, 11) is 0. The number of nitrogens with two attached hydrogens (primary N) is 1. The minimum Gasteiger partial charge on any atom is -0.271 e. The Labute approximate surface area is 103 Å². The second-order valence-electron chi connectivity index (χ2n) is 4.35. The summed E-state index contributed by atoms with van der Waals surface area (Å²) in [5.74, 6) is 7.35. The first kappa shape index (κ1) is 13.6. The molecule has 0 aliphatic rings. The van der Waals surface area contributed by atoms with Crippen LogP contribution in [0.25, 0.3) is 0 Å². The molecule has 3 N–H and O–H groups in total. The minimum absolute atomic E-state index is 0.265. The van der Waals surface area contributed by atoms with Crippen molar-refractivity contribution in [3.8, 4) is 0 Å². The van der Waals surface area contributed by atoms with Crippen LogP contribution in [0.2, 0.25) is 0 Å². The van der Waals surface area contributed by atoms with Crippen molar-refractivity contribution in [2.24, 2.45) is 11.8 Å². The maximum Gasteiger partial charge on any atom is 0.0462 e. The van der Waals surface area contributed by atoms with E-state index >= 15 is 0 Å². The molecule has 0 saturated carbocycles. The molecule has 1 rings (SSSR count). The number of benzene rings is 1. The first-order valence-corrected chi connectivity index (χ1v) is 6.84. The molecule has 0 heterocycles. The van der Waals surface area contributed by atoms with Crippen molar-refractivity contribution in [3.63, 3.8) is 0 Å². The van der Waals surface area contributed by atoms with E-state index in [9.17, 15) is 0 Å². The van der Waals surface area contributed by atoms with Crippen LogP contribution in [0.15, 0.2) is 29.2 Å². The van der Waals surface area contributed by atoms with Gasteiger partial charge in [0.15, 0.2) is 0 Å². The van der Waals surface area contributed by atoms with Crippen molar-refractivity contribution in [2.45, 2.75) is 38.1 Å². The van der Waals surface area contributed by atoms with Crippen LogP contribution in [0.4, 0.5) is 0 Å². The average molecular weight is 238 g/mol. The van der Waals surface area contributed by atoms with E-state index < -0.39 is 0 Å². The van der Waals surface area contributed by atoms with Gasteiger partial charge in [-0.2, -0.15) is 0 Å². The van der Waals surface area contributed by atoms with Gasteiger partial charge in [-0.1, -0.05) is 32.9 Å². The summed E-state index contributed by atoms with van der Waals surface area (Å²) in [5, 5.41) is 0. The lowest BCUT2D eigenvalue weighted by atomic mass is 9.98. The molecule has 16 heavy (non-hydrogen) atoms. The Balaban J connectivity index is 2.70. The summed E-state index contributed by atoms with van der Waals surface area (Å²) in [5.41, 5.74) is 4.17. The Morgan fingerprint density at radius 1 is 1.25 bits per heavy atom. The topological polar surface area (TPSA) is 38.0 Å². The fourth-order valence-corrected chi connectivity index (χ4v) is 2.40. The molecule has 0 spiro atoms. The summed E-state index contributed by atoms with van der Waals surface area (Å²) in [6.45, 7) is 6.60. The van der Waals surface area contributed by atoms with E-state index in [0.717, 1.165) is 12.2 Å². The monoisotopic (exact) mass is 238 g/mol. The van der Waals surface area contributed by atoms with Crippen molar-refractivity contribution in [1.29, 1.82) is 0 Å². The summed E-state index contributed by atoms with van der Waals surface area (Å²) in [6.07, 6.45) is 1.07. The molecule has 1 aromatic rings. The van der Waals surface area contributed by atoms with Crippen LogP contribution in [0.5, 0.6) is 0 Å². The average Bonchev–Trinajstić information content (AvgIpc) is 2.27. The fraction of sp³-hybridized carbons (Fsp3) is 0.538. The molecule has 1 unspecified atom stereocenters. The van der Waals surface area contributed by atoms with Crippen molar-refractivity contribution in [3.05, 3.63) is 29.8 Å². The summed E-state index contributed by atoms with van der Waals surface area (Å²) >= 11 is 1.87. The van der Waals surface area contributed by atoms with Gasteiger partial charge in [0.2, 0.25) is 0 Å². The lowest BCUT2D eigenvalue weighted by Crippen LogP contribution is -2.29. The van der Waals surface area contributed by atoms with Gasteiger partial charge in [-0.25, -0.2) is 0 Å². The van der Waals surface area contributed by atoms with Crippen LogP contribution < -0.4 is 11.3 Å². The molecule has 0 aliphatic heterocycles. The van der Waals surface area contributed by atoms with Gasteiger partial charge in [-0.15, -0.1) is 11.8 Å². The zero-order chi connectivity index (χ0) is 12.0. The van der Waals surface area contributed by atoms with E-state index in [1.807, 2.05) is 11.8 Å². The van der Waals surface area contributed by atoms with E-state index in [2.05, 4.69) is 50.5 Å². The maximum atomic E-state index is 5.59. The Hall–Kier alpha value is -0.510. The third kappa shape index (κ3) is 4.16. The molecular formula is C13H22N2S. The van der Waals surface area contributed by atoms with Crippen LogP contribution in [0.3, 0.4) is 0 Å². The molecule has 2 nitrogen and oxygen atoms in total. The van der Waals surface area contributed by atoms with Gasteiger partial charge >= 0.3 is 0 Å². The van der Waals surface area contributed by atoms with E-state index in [-0.39, 0.29) is 6.04 Å². The number of thioether (sulfide) groups is 1. The standard InChI is InChI=1S/C13H22N2S/c1-4-16-12-7-5-11(6-8-12)13(15-14)9-10(2)3/h5-8,10,13,15H,4,9,14H2,1-3H3. The summed E-state index contributed by atoms with van der Waals surface area (Å²) in [4.78, 5) is 1.33. The normalized spacial score (nSPS) is 13.1. The van der Waals surface area contributed by atoms with Gasteiger partial charge in [0.05, 0.1) is 0 Å². The lowest BCUT2D eigenvalue weighted by Gasteiger charge is -2.18. The Morgan fingerprint density at radius 2 is 1.88 bits per heavy atom. The Kier molecular flexibility index (Phi) is 5.88. The zero-order valence-corrected chi connectivity index (χ0v) is 11.2. The summed E-state index contributed by atoms with van der Waals surface area (Å²) in [6, 6.07) is 8.96. The van der Waals surface area contributed by atoms with Crippen LogP contribution in [-0.2, 0) is 0 Å². The molecule has 3 heteroatoms. The van der Waals surface area contributed by atoms with Crippen LogP contribution in [0.1, 0.15) is 38.8 Å². The van der Waals surface area contributed by atoms with Crippen molar-refractivity contribution >= 4 is 11.8 Å². The number of hydrogen-bond donors (Lipinski definition) is 2. The Morgan fingerprint density at radius 3 is 2.31 bits per heavy atom. The first-order chi connectivity index (χ1) is 7.67. The van der Waals surface area contributed by atoms with Gasteiger partial charge in [0, 0.05) is 10.9 Å². The SMILES string of the molecule is CCSc1ccc(C(CC(C)C)NN)cc1. The van der Waals surface area contributed by atoms with Crippen LogP contribution >= 0.6 is 11.8 Å². The van der Waals surface area contributed by atoms with E-state index in [4.69, 9.17) is 5.84 Å². The second kappa shape index (κ2) is 6.94. The highest BCUT2D eigenvalue weighted by atomic mass is 32.2. The lowest BCUT2D eigenvalue weighted by molar-refractivity contribution is 0.438. The molecule has 90 valence electrons. The van der Waals surface area contributed by atoms with Gasteiger partial charge in [0.25, 0.3) is 0 Å². The number of hydrogen-bond acceptors (Lipinski definition) is 3. The highest BCUT2D eigenvalue weighted by Crippen LogP contribution is 2.24. The zero-order valence-electron chi connectivity index (χ0n) is 10.4. The largest absolute Gasteiger partial charge is 0.271 e. The van der Waals surface area contributed by atoms with Crippen molar-refractivity contribution in [1.82, 2.24) is 5.43 Å². The van der Waals surface area contributed by atoms with E-state index in [1.165, 1.54) is 10.5 Å². The Bertz CT molecular complexity index is 295. The molecule has 0 bridgehead atoms. The predicted octanol–water partition coefficient (Wildman–Crippen LogP) is 3.35.